The summed E-state index contributed by atoms with van der Waals surface area (Å²) >= 11 is 0. The van der Waals surface area contributed by atoms with Gasteiger partial charge < -0.3 is 0 Å². The summed E-state index contributed by atoms with van der Waals surface area (Å²) < 4.78 is 2.82. The minimum absolute atomic E-state index is 0.262. The number of rotatable bonds is 4. The van der Waals surface area contributed by atoms with Crippen molar-refractivity contribution in [2.45, 2.75) is 84.2 Å². The molecule has 25 heavy (non-hydrogen) atoms. The first kappa shape index (κ1) is 18.2. The summed E-state index contributed by atoms with van der Waals surface area (Å²) in [4.78, 5) is 6.01. The molecule has 4 aliphatic rings. The SMILES string of the molecule is CCC1C[N+]2(CCCC2)C2(N(CC)CC(CC)[N+]23CCCC3)N1CC. The number of likely N-dealkylation sites (N-methyl/N-ethyl adjacent to an activating group) is 2. The van der Waals surface area contributed by atoms with Crippen LogP contribution in [0.15, 0.2) is 0 Å². The molecule has 0 radical (unpaired) electrons. The largest absolute Gasteiger partial charge is 0.357 e. The van der Waals surface area contributed by atoms with E-state index in [1.165, 1.54) is 99.8 Å². The molecule has 4 aliphatic heterocycles. The van der Waals surface area contributed by atoms with Crippen LogP contribution < -0.4 is 0 Å². The van der Waals surface area contributed by atoms with Crippen molar-refractivity contribution in [1.82, 2.24) is 9.80 Å². The Hall–Kier alpha value is -0.160. The van der Waals surface area contributed by atoms with E-state index < -0.39 is 0 Å². The molecule has 144 valence electrons. The van der Waals surface area contributed by atoms with Crippen LogP contribution in [0.3, 0.4) is 0 Å². The molecule has 3 atom stereocenters. The van der Waals surface area contributed by atoms with Crippen molar-refractivity contribution in [3.8, 4) is 0 Å². The second-order valence-electron chi connectivity index (χ2n) is 9.22. The third-order valence-corrected chi connectivity index (χ3v) is 8.63. The van der Waals surface area contributed by atoms with Gasteiger partial charge in [0.15, 0.2) is 0 Å². The van der Waals surface area contributed by atoms with Crippen LogP contribution in [0.4, 0.5) is 0 Å². The van der Waals surface area contributed by atoms with Crippen molar-refractivity contribution >= 4 is 0 Å². The molecule has 0 bridgehead atoms. The van der Waals surface area contributed by atoms with Crippen LogP contribution in [0.25, 0.3) is 0 Å². The predicted molar refractivity (Wildman–Crippen MR) is 104 cm³/mol. The predicted octanol–water partition coefficient (Wildman–Crippen LogP) is 3.05. The van der Waals surface area contributed by atoms with Gasteiger partial charge in [-0.2, -0.15) is 9.80 Å². The van der Waals surface area contributed by atoms with E-state index in [0.717, 1.165) is 12.1 Å². The van der Waals surface area contributed by atoms with Gasteiger partial charge in [-0.3, -0.25) is 0 Å². The molecule has 4 rings (SSSR count). The summed E-state index contributed by atoms with van der Waals surface area (Å²) in [6, 6.07) is 1.63. The normalized spacial score (nSPS) is 40.3. The number of hydrogen-bond acceptors (Lipinski definition) is 2. The Morgan fingerprint density at radius 3 is 2.00 bits per heavy atom. The molecule has 0 saturated carbocycles. The van der Waals surface area contributed by atoms with Crippen LogP contribution in [0.5, 0.6) is 0 Å². The molecule has 3 unspecified atom stereocenters. The molecule has 0 aromatic heterocycles. The first-order chi connectivity index (χ1) is 12.2. The van der Waals surface area contributed by atoms with Crippen LogP contribution in [0.2, 0.25) is 0 Å². The smallest absolute Gasteiger partial charge is 0.241 e. The van der Waals surface area contributed by atoms with Crippen LogP contribution in [0, 0.1) is 0 Å². The quantitative estimate of drug-likeness (QED) is 0.719. The molecule has 4 saturated heterocycles. The van der Waals surface area contributed by atoms with Gasteiger partial charge >= 0.3 is 5.91 Å². The van der Waals surface area contributed by atoms with Gasteiger partial charge in [0.05, 0.1) is 38.8 Å². The maximum absolute atomic E-state index is 3.03. The lowest BCUT2D eigenvalue weighted by Crippen LogP contribution is -2.83. The van der Waals surface area contributed by atoms with E-state index in [2.05, 4.69) is 37.5 Å². The van der Waals surface area contributed by atoms with Crippen molar-refractivity contribution in [1.29, 1.82) is 0 Å². The highest BCUT2D eigenvalue weighted by atomic mass is 15.9. The van der Waals surface area contributed by atoms with E-state index in [0.29, 0.717) is 0 Å². The molecule has 4 heterocycles. The minimum Gasteiger partial charge on any atom is -0.241 e. The average molecular weight is 351 g/mol. The Morgan fingerprint density at radius 1 is 0.840 bits per heavy atom. The Labute approximate surface area is 155 Å². The molecular formula is C21H42N4+2. The third-order valence-electron chi connectivity index (χ3n) is 8.63. The zero-order valence-electron chi connectivity index (χ0n) is 17.3. The molecule has 0 amide bonds. The van der Waals surface area contributed by atoms with Crippen molar-refractivity contribution in [2.75, 3.05) is 52.4 Å². The fourth-order valence-electron chi connectivity index (χ4n) is 7.99. The molecule has 4 heteroatoms. The minimum atomic E-state index is 0.262. The van der Waals surface area contributed by atoms with E-state index in [1.54, 1.807) is 0 Å². The third kappa shape index (κ3) is 2.03. The molecule has 4 fully saturated rings. The van der Waals surface area contributed by atoms with Crippen molar-refractivity contribution in [3.05, 3.63) is 0 Å². The second kappa shape index (κ2) is 6.47. The first-order valence-electron chi connectivity index (χ1n) is 11.4. The fourth-order valence-corrected chi connectivity index (χ4v) is 7.99. The molecule has 4 nitrogen and oxygen atoms in total. The van der Waals surface area contributed by atoms with E-state index in [-0.39, 0.29) is 5.91 Å². The summed E-state index contributed by atoms with van der Waals surface area (Å²) in [5.74, 6) is 0.262. The van der Waals surface area contributed by atoms with Crippen LogP contribution in [0.1, 0.15) is 66.2 Å². The highest BCUT2D eigenvalue weighted by molar-refractivity contribution is 4.96. The summed E-state index contributed by atoms with van der Waals surface area (Å²) in [5, 5.41) is 0. The Balaban J connectivity index is 1.94. The lowest BCUT2D eigenvalue weighted by atomic mass is 10.1. The van der Waals surface area contributed by atoms with Gasteiger partial charge in [-0.1, -0.05) is 27.7 Å². The standard InChI is InChI=1S/C21H42N4/c1-5-19-18-24(13-9-10-14-24)21(23(19)8-4)22(7-3)17-20(6-2)25(21)15-11-12-16-25/h19-20H,5-18H2,1-4H3/q+2. The number of quaternary nitrogens is 2. The molecule has 0 aromatic rings. The zero-order chi connectivity index (χ0) is 17.7. The molecule has 0 N–H and O–H groups in total. The van der Waals surface area contributed by atoms with Gasteiger partial charge in [0.2, 0.25) is 0 Å². The number of hydrogen-bond donors (Lipinski definition) is 0. The van der Waals surface area contributed by atoms with Crippen LogP contribution in [-0.4, -0.2) is 89.1 Å². The van der Waals surface area contributed by atoms with E-state index >= 15 is 0 Å². The zero-order valence-corrected chi connectivity index (χ0v) is 17.3. The van der Waals surface area contributed by atoms with E-state index in [9.17, 15) is 0 Å². The highest BCUT2D eigenvalue weighted by Gasteiger charge is 2.81. The van der Waals surface area contributed by atoms with Gasteiger partial charge in [0.25, 0.3) is 0 Å². The summed E-state index contributed by atoms with van der Waals surface area (Å²) in [5.41, 5.74) is 0. The van der Waals surface area contributed by atoms with Crippen LogP contribution >= 0.6 is 0 Å². The highest BCUT2D eigenvalue weighted by Crippen LogP contribution is 2.56. The number of fused-ring (bicyclic) bond motifs is 2. The summed E-state index contributed by atoms with van der Waals surface area (Å²) in [7, 11) is 0. The maximum atomic E-state index is 3.03. The molecular weight excluding hydrogens is 308 g/mol. The van der Waals surface area contributed by atoms with Gasteiger partial charge in [-0.25, -0.2) is 8.97 Å². The summed E-state index contributed by atoms with van der Waals surface area (Å²) in [6.45, 7) is 20.7. The van der Waals surface area contributed by atoms with Gasteiger partial charge in [0.1, 0.15) is 12.6 Å². The molecule has 0 aromatic carbocycles. The number of nitrogens with zero attached hydrogens (tertiary/aromatic N) is 4. The Morgan fingerprint density at radius 2 is 1.48 bits per heavy atom. The fraction of sp³-hybridized carbons (Fsp3) is 1.00. The Bertz CT molecular complexity index is 480. The first-order valence-corrected chi connectivity index (χ1v) is 11.4. The van der Waals surface area contributed by atoms with E-state index in [4.69, 9.17) is 0 Å². The van der Waals surface area contributed by atoms with Crippen LogP contribution in [-0.2, 0) is 0 Å². The monoisotopic (exact) mass is 350 g/mol. The maximum Gasteiger partial charge on any atom is 0.357 e. The lowest BCUT2D eigenvalue weighted by molar-refractivity contribution is -1.17. The van der Waals surface area contributed by atoms with Crippen molar-refractivity contribution in [2.24, 2.45) is 0 Å². The van der Waals surface area contributed by atoms with Gasteiger partial charge in [0, 0.05) is 38.8 Å². The molecule has 3 spiro atoms. The average Bonchev–Trinajstić information content (AvgIpc) is 3.39. The molecule has 0 aliphatic carbocycles. The van der Waals surface area contributed by atoms with E-state index in [1.807, 2.05) is 0 Å². The lowest BCUT2D eigenvalue weighted by Gasteiger charge is -2.57. The Kier molecular flexibility index (Phi) is 4.71. The van der Waals surface area contributed by atoms with Gasteiger partial charge in [-0.15, -0.1) is 0 Å². The topological polar surface area (TPSA) is 6.48 Å². The van der Waals surface area contributed by atoms with Gasteiger partial charge in [-0.05, 0) is 12.8 Å². The summed E-state index contributed by atoms with van der Waals surface area (Å²) in [6.07, 6.45) is 8.47. The van der Waals surface area contributed by atoms with Crippen molar-refractivity contribution in [3.63, 3.8) is 0 Å². The second-order valence-corrected chi connectivity index (χ2v) is 9.22. The van der Waals surface area contributed by atoms with Crippen molar-refractivity contribution < 1.29 is 8.97 Å².